The first-order chi connectivity index (χ1) is 12.4. The Labute approximate surface area is 146 Å². The molecule has 0 fully saturated rings. The lowest BCUT2D eigenvalue weighted by Gasteiger charge is -2.10. The van der Waals surface area contributed by atoms with Crippen molar-refractivity contribution in [1.82, 2.24) is 14.7 Å². The molecule has 2 N–H and O–H groups in total. The van der Waals surface area contributed by atoms with Gasteiger partial charge in [0.25, 0.3) is 0 Å². The van der Waals surface area contributed by atoms with E-state index in [4.69, 9.17) is 6.42 Å². The first-order valence-electron chi connectivity index (χ1n) is 7.51. The minimum atomic E-state index is -4.47. The number of pyridine rings is 1. The van der Waals surface area contributed by atoms with Crippen LogP contribution in [-0.2, 0) is 0 Å². The van der Waals surface area contributed by atoms with Crippen molar-refractivity contribution >= 4 is 17.4 Å². The van der Waals surface area contributed by atoms with E-state index in [0.717, 1.165) is 11.3 Å². The maximum atomic E-state index is 12.1. The monoisotopic (exact) mass is 358 g/mol. The number of nitrogens with zero attached hydrogens (tertiary/aromatic N) is 2. The zero-order valence-electron chi connectivity index (χ0n) is 13.3. The number of hydrogen-bond acceptors (Lipinski definition) is 2. The van der Waals surface area contributed by atoms with Gasteiger partial charge in [0.2, 0.25) is 0 Å². The molecule has 8 heteroatoms. The molecule has 0 aliphatic heterocycles. The van der Waals surface area contributed by atoms with Gasteiger partial charge in [0, 0.05) is 23.0 Å². The van der Waals surface area contributed by atoms with Crippen LogP contribution in [0.3, 0.4) is 0 Å². The van der Waals surface area contributed by atoms with Gasteiger partial charge in [-0.25, -0.2) is 9.78 Å². The van der Waals surface area contributed by atoms with E-state index in [0.29, 0.717) is 16.9 Å². The fourth-order valence-electron chi connectivity index (χ4n) is 2.40. The number of anilines is 1. The number of rotatable bonds is 3. The zero-order valence-corrected chi connectivity index (χ0v) is 13.3. The quantitative estimate of drug-likeness (QED) is 0.702. The maximum Gasteiger partial charge on any atom is 0.405 e. The highest BCUT2D eigenvalue weighted by atomic mass is 19.4. The summed E-state index contributed by atoms with van der Waals surface area (Å²) in [5, 5.41) is 4.13. The Morgan fingerprint density at radius 1 is 1.27 bits per heavy atom. The second kappa shape index (κ2) is 6.80. The van der Waals surface area contributed by atoms with Crippen LogP contribution in [0.25, 0.3) is 16.9 Å². The number of alkyl halides is 3. The molecule has 0 saturated carbocycles. The molecule has 1 aromatic carbocycles. The molecule has 0 unspecified atom stereocenters. The molecule has 132 valence electrons. The maximum absolute atomic E-state index is 12.1. The van der Waals surface area contributed by atoms with Crippen molar-refractivity contribution in [3.63, 3.8) is 0 Å². The highest BCUT2D eigenvalue weighted by Crippen LogP contribution is 2.24. The van der Waals surface area contributed by atoms with Crippen molar-refractivity contribution in [2.45, 2.75) is 6.18 Å². The molecule has 3 aromatic rings. The summed E-state index contributed by atoms with van der Waals surface area (Å²) < 4.78 is 38.3. The normalized spacial score (nSPS) is 11.2. The Hall–Kier alpha value is -3.47. The molecule has 5 nitrogen and oxygen atoms in total. The second-order valence-electron chi connectivity index (χ2n) is 5.44. The van der Waals surface area contributed by atoms with Crippen LogP contribution in [0, 0.1) is 12.3 Å². The largest absolute Gasteiger partial charge is 0.405 e. The summed E-state index contributed by atoms with van der Waals surface area (Å²) in [5.74, 6) is 2.53. The van der Waals surface area contributed by atoms with E-state index in [2.05, 4.69) is 16.2 Å². The summed E-state index contributed by atoms with van der Waals surface area (Å²) in [6.07, 6.45) is 4.34. The number of halogens is 3. The van der Waals surface area contributed by atoms with Crippen LogP contribution in [-0.4, -0.2) is 28.1 Å². The molecule has 0 aliphatic carbocycles. The van der Waals surface area contributed by atoms with Gasteiger partial charge in [-0.1, -0.05) is 18.1 Å². The average Bonchev–Trinajstić information content (AvgIpc) is 3.02. The zero-order chi connectivity index (χ0) is 18.7. The van der Waals surface area contributed by atoms with Gasteiger partial charge in [-0.3, -0.25) is 4.40 Å². The molecule has 0 bridgehead atoms. The third-order valence-corrected chi connectivity index (χ3v) is 3.55. The molecule has 3 rings (SSSR count). The predicted octanol–water partition coefficient (Wildman–Crippen LogP) is 3.67. The van der Waals surface area contributed by atoms with Gasteiger partial charge in [0.1, 0.15) is 12.2 Å². The van der Waals surface area contributed by atoms with Crippen molar-refractivity contribution in [2.75, 3.05) is 11.9 Å². The van der Waals surface area contributed by atoms with Crippen LogP contribution in [0.4, 0.5) is 23.7 Å². The molecule has 26 heavy (non-hydrogen) atoms. The number of carbonyl (C=O) groups excluding carboxylic acids is 1. The Bertz CT molecular complexity index is 1000. The van der Waals surface area contributed by atoms with Gasteiger partial charge in [0.05, 0.1) is 11.9 Å². The van der Waals surface area contributed by atoms with E-state index >= 15 is 0 Å². The van der Waals surface area contributed by atoms with Gasteiger partial charge < -0.3 is 10.6 Å². The van der Waals surface area contributed by atoms with Crippen molar-refractivity contribution in [2.24, 2.45) is 0 Å². The Kier molecular flexibility index (Phi) is 4.54. The average molecular weight is 358 g/mol. The topological polar surface area (TPSA) is 58.4 Å². The lowest BCUT2D eigenvalue weighted by atomic mass is 10.1. The molecule has 2 amide bonds. The Balaban J connectivity index is 1.82. The van der Waals surface area contributed by atoms with Crippen LogP contribution < -0.4 is 10.6 Å². The van der Waals surface area contributed by atoms with Gasteiger partial charge in [-0.15, -0.1) is 6.42 Å². The molecular weight excluding hydrogens is 345 g/mol. The van der Waals surface area contributed by atoms with Crippen LogP contribution in [0.1, 0.15) is 5.56 Å². The van der Waals surface area contributed by atoms with E-state index in [-0.39, 0.29) is 0 Å². The third-order valence-electron chi connectivity index (χ3n) is 3.55. The highest BCUT2D eigenvalue weighted by Gasteiger charge is 2.27. The van der Waals surface area contributed by atoms with E-state index in [1.165, 1.54) is 0 Å². The number of benzene rings is 1. The smallest absolute Gasteiger partial charge is 0.329 e. The Morgan fingerprint density at radius 2 is 2.08 bits per heavy atom. The highest BCUT2D eigenvalue weighted by molar-refractivity contribution is 5.90. The first-order valence-corrected chi connectivity index (χ1v) is 7.51. The minimum Gasteiger partial charge on any atom is -0.329 e. The van der Waals surface area contributed by atoms with Crippen LogP contribution in [0.2, 0.25) is 0 Å². The standard InChI is InChI=1S/C18H13F3N4O/c1-2-12-6-7-25-15(10-22-16(25)8-12)13-4-3-5-14(9-13)24-17(26)23-11-18(19,20)21/h1,3-10H,11H2,(H2,23,24,26). The van der Waals surface area contributed by atoms with Crippen LogP contribution in [0.5, 0.6) is 0 Å². The number of amides is 2. The lowest BCUT2D eigenvalue weighted by Crippen LogP contribution is -2.36. The predicted molar refractivity (Wildman–Crippen MR) is 91.6 cm³/mol. The summed E-state index contributed by atoms with van der Waals surface area (Å²) in [6, 6.07) is 9.31. The number of imidazole rings is 1. The molecule has 2 heterocycles. The number of aromatic nitrogens is 2. The molecule has 2 aromatic heterocycles. The summed E-state index contributed by atoms with van der Waals surface area (Å²) >= 11 is 0. The minimum absolute atomic E-state index is 0.359. The molecule has 0 spiro atoms. The fourth-order valence-corrected chi connectivity index (χ4v) is 2.40. The Morgan fingerprint density at radius 3 is 2.81 bits per heavy atom. The summed E-state index contributed by atoms with van der Waals surface area (Å²) in [4.78, 5) is 15.9. The fraction of sp³-hybridized carbons (Fsp3) is 0.111. The van der Waals surface area contributed by atoms with Crippen molar-refractivity contribution in [3.8, 4) is 23.6 Å². The van der Waals surface area contributed by atoms with Crippen molar-refractivity contribution in [1.29, 1.82) is 0 Å². The number of fused-ring (bicyclic) bond motifs is 1. The lowest BCUT2D eigenvalue weighted by molar-refractivity contribution is -0.122. The number of carbonyl (C=O) groups is 1. The molecular formula is C18H13F3N4O. The van der Waals surface area contributed by atoms with Crippen LogP contribution >= 0.6 is 0 Å². The van der Waals surface area contributed by atoms with Crippen molar-refractivity contribution < 1.29 is 18.0 Å². The number of terminal acetylenes is 1. The number of nitrogens with one attached hydrogen (secondary N) is 2. The van der Waals surface area contributed by atoms with Crippen LogP contribution in [0.15, 0.2) is 48.8 Å². The number of hydrogen-bond donors (Lipinski definition) is 2. The first kappa shape index (κ1) is 17.4. The summed E-state index contributed by atoms with van der Waals surface area (Å²) in [5.41, 5.74) is 3.21. The molecule has 0 radical (unpaired) electrons. The molecule has 0 aliphatic rings. The SMILES string of the molecule is C#Cc1ccn2c(-c3cccc(NC(=O)NCC(F)(F)F)c3)cnc2c1. The molecule has 0 saturated heterocycles. The van der Waals surface area contributed by atoms with Gasteiger partial charge in [0.15, 0.2) is 0 Å². The van der Waals surface area contributed by atoms with E-state index in [1.54, 1.807) is 54.1 Å². The van der Waals surface area contributed by atoms with E-state index in [1.807, 2.05) is 4.40 Å². The van der Waals surface area contributed by atoms with E-state index in [9.17, 15) is 18.0 Å². The summed E-state index contributed by atoms with van der Waals surface area (Å²) in [7, 11) is 0. The van der Waals surface area contributed by atoms with Gasteiger partial charge in [-0.05, 0) is 24.3 Å². The van der Waals surface area contributed by atoms with Gasteiger partial charge in [-0.2, -0.15) is 13.2 Å². The van der Waals surface area contributed by atoms with Crippen molar-refractivity contribution in [3.05, 3.63) is 54.4 Å². The third kappa shape index (κ3) is 3.95. The second-order valence-corrected chi connectivity index (χ2v) is 5.44. The van der Waals surface area contributed by atoms with E-state index < -0.39 is 18.8 Å². The molecule has 0 atom stereocenters. The number of urea groups is 1. The van der Waals surface area contributed by atoms with Gasteiger partial charge >= 0.3 is 12.2 Å². The summed E-state index contributed by atoms with van der Waals surface area (Å²) in [6.45, 7) is -1.40.